The molecule has 0 aromatic carbocycles. The molecule has 5 fully saturated rings. The van der Waals surface area contributed by atoms with Crippen LogP contribution in [-0.4, -0.2) is 38.9 Å². The van der Waals surface area contributed by atoms with E-state index in [1.54, 1.807) is 17.2 Å². The fourth-order valence-corrected chi connectivity index (χ4v) is 6.24. The Bertz CT molecular complexity index is 546. The van der Waals surface area contributed by atoms with Crippen LogP contribution in [0.3, 0.4) is 0 Å². The van der Waals surface area contributed by atoms with Crippen molar-refractivity contribution in [2.45, 2.75) is 51.0 Å². The lowest BCUT2D eigenvalue weighted by atomic mass is 9.49. The maximum absolute atomic E-state index is 13.3. The molecule has 1 aromatic rings. The summed E-state index contributed by atoms with van der Waals surface area (Å²) in [6.45, 7) is 1.68. The second kappa shape index (κ2) is 4.56. The van der Waals surface area contributed by atoms with Gasteiger partial charge in [-0.1, -0.05) is 0 Å². The van der Waals surface area contributed by atoms with E-state index in [1.165, 1.54) is 38.5 Å². The highest BCUT2D eigenvalue weighted by Gasteiger charge is 2.56. The topological polar surface area (TPSA) is 51.0 Å². The van der Waals surface area contributed by atoms with E-state index in [1.807, 2.05) is 0 Å². The molecule has 2 heterocycles. The largest absolute Gasteiger partial charge is 0.340 e. The van der Waals surface area contributed by atoms with Crippen LogP contribution in [-0.2, 0) is 4.79 Å². The Hall–Kier alpha value is -1.39. The number of aromatic nitrogens is 3. The van der Waals surface area contributed by atoms with Crippen LogP contribution >= 0.6 is 0 Å². The molecule has 4 saturated carbocycles. The highest BCUT2D eigenvalue weighted by Crippen LogP contribution is 2.60. The predicted octanol–water partition coefficient (Wildman–Crippen LogP) is 2.27. The number of nitrogens with zero attached hydrogens (tertiary/aromatic N) is 4. The Morgan fingerprint density at radius 1 is 1.00 bits per heavy atom. The molecule has 1 atom stereocenters. The molecule has 0 radical (unpaired) electrons. The fourth-order valence-electron chi connectivity index (χ4n) is 6.24. The Morgan fingerprint density at radius 3 is 2.18 bits per heavy atom. The van der Waals surface area contributed by atoms with E-state index in [-0.39, 0.29) is 11.5 Å². The van der Waals surface area contributed by atoms with Crippen LogP contribution in [0.1, 0.15) is 51.0 Å². The van der Waals surface area contributed by atoms with Crippen LogP contribution < -0.4 is 0 Å². The molecule has 4 aliphatic carbocycles. The summed E-state index contributed by atoms with van der Waals surface area (Å²) in [5.74, 6) is 2.96. The predicted molar refractivity (Wildman–Crippen MR) is 80.9 cm³/mol. The Labute approximate surface area is 131 Å². The number of rotatable bonds is 2. The quantitative estimate of drug-likeness (QED) is 0.842. The minimum Gasteiger partial charge on any atom is -0.340 e. The maximum Gasteiger partial charge on any atom is 0.228 e. The van der Waals surface area contributed by atoms with E-state index in [2.05, 4.69) is 15.1 Å². The second-order valence-corrected chi connectivity index (χ2v) is 8.24. The molecule has 1 amide bonds. The molecular formula is C17H24N4O. The molecule has 1 aromatic heterocycles. The fraction of sp³-hybridized carbons (Fsp3) is 0.824. The smallest absolute Gasteiger partial charge is 0.228 e. The lowest BCUT2D eigenvalue weighted by molar-refractivity contribution is -0.156. The molecule has 1 saturated heterocycles. The lowest BCUT2D eigenvalue weighted by Gasteiger charge is -2.56. The van der Waals surface area contributed by atoms with Crippen molar-refractivity contribution in [3.05, 3.63) is 12.4 Å². The first kappa shape index (κ1) is 13.1. The molecule has 0 N–H and O–H groups in total. The van der Waals surface area contributed by atoms with E-state index in [0.717, 1.165) is 37.3 Å². The third-order valence-electron chi connectivity index (χ3n) is 6.71. The van der Waals surface area contributed by atoms with Gasteiger partial charge in [-0.15, -0.1) is 0 Å². The molecule has 0 spiro atoms. The highest BCUT2D eigenvalue weighted by atomic mass is 16.2. The molecular weight excluding hydrogens is 276 g/mol. The van der Waals surface area contributed by atoms with Gasteiger partial charge in [0.15, 0.2) is 0 Å². The molecule has 1 unspecified atom stereocenters. The van der Waals surface area contributed by atoms with Crippen molar-refractivity contribution < 1.29 is 4.79 Å². The van der Waals surface area contributed by atoms with Gasteiger partial charge < -0.3 is 4.90 Å². The normalized spacial score (nSPS) is 43.0. The summed E-state index contributed by atoms with van der Waals surface area (Å²) < 4.78 is 0. The van der Waals surface area contributed by atoms with Gasteiger partial charge >= 0.3 is 0 Å². The minimum atomic E-state index is 0.00118. The van der Waals surface area contributed by atoms with Crippen LogP contribution in [0.15, 0.2) is 12.4 Å². The molecule has 5 heteroatoms. The summed E-state index contributed by atoms with van der Waals surface area (Å²) in [6, 6.07) is 0.271. The van der Waals surface area contributed by atoms with Gasteiger partial charge in [-0.25, -0.2) is 0 Å². The van der Waals surface area contributed by atoms with Crippen LogP contribution in [0.2, 0.25) is 0 Å². The van der Waals surface area contributed by atoms with E-state index >= 15 is 0 Å². The van der Waals surface area contributed by atoms with Crippen molar-refractivity contribution in [1.82, 2.24) is 19.9 Å². The number of hydrogen-bond donors (Lipinski definition) is 0. The van der Waals surface area contributed by atoms with E-state index in [0.29, 0.717) is 5.91 Å². The number of likely N-dealkylation sites (tertiary alicyclic amines) is 1. The molecule has 1 aliphatic heterocycles. The Kier molecular flexibility index (Phi) is 2.71. The number of amides is 1. The van der Waals surface area contributed by atoms with Gasteiger partial charge in [0.2, 0.25) is 5.91 Å². The standard InChI is InChI=1S/C17H24N4O/c22-16(20-4-1-15(11-20)21-18-2-3-19-21)17-8-12-5-13(9-17)7-14(6-12)10-17/h2-3,12-15H,1,4-11H2. The van der Waals surface area contributed by atoms with Crippen LogP contribution in [0.4, 0.5) is 0 Å². The lowest BCUT2D eigenvalue weighted by Crippen LogP contribution is -2.54. The number of carbonyl (C=O) groups is 1. The number of hydrogen-bond acceptors (Lipinski definition) is 3. The second-order valence-electron chi connectivity index (χ2n) is 8.24. The minimum absolute atomic E-state index is 0.00118. The molecule has 4 bridgehead atoms. The van der Waals surface area contributed by atoms with Gasteiger partial charge in [0.25, 0.3) is 0 Å². The zero-order valence-electron chi connectivity index (χ0n) is 13.0. The SMILES string of the molecule is O=C(N1CCC(n2nccn2)C1)C12CC3CC(CC(C3)C1)C2. The van der Waals surface area contributed by atoms with Crippen molar-refractivity contribution in [3.8, 4) is 0 Å². The van der Waals surface area contributed by atoms with Gasteiger partial charge in [-0.2, -0.15) is 15.0 Å². The summed E-state index contributed by atoms with van der Waals surface area (Å²) in [5, 5.41) is 8.50. The van der Waals surface area contributed by atoms with Crippen LogP contribution in [0, 0.1) is 23.2 Å². The van der Waals surface area contributed by atoms with E-state index < -0.39 is 0 Å². The van der Waals surface area contributed by atoms with E-state index in [4.69, 9.17) is 0 Å². The van der Waals surface area contributed by atoms with Crippen LogP contribution in [0.5, 0.6) is 0 Å². The highest BCUT2D eigenvalue weighted by molar-refractivity contribution is 5.83. The van der Waals surface area contributed by atoms with Crippen molar-refractivity contribution in [3.63, 3.8) is 0 Å². The molecule has 118 valence electrons. The van der Waals surface area contributed by atoms with Crippen LogP contribution in [0.25, 0.3) is 0 Å². The van der Waals surface area contributed by atoms with Gasteiger partial charge in [-0.3, -0.25) is 4.79 Å². The van der Waals surface area contributed by atoms with E-state index in [9.17, 15) is 4.79 Å². The van der Waals surface area contributed by atoms with Crippen molar-refractivity contribution in [2.24, 2.45) is 23.2 Å². The summed E-state index contributed by atoms with van der Waals surface area (Å²) >= 11 is 0. The van der Waals surface area contributed by atoms with Crippen molar-refractivity contribution in [1.29, 1.82) is 0 Å². The summed E-state index contributed by atoms with van der Waals surface area (Å²) in [4.78, 5) is 17.2. The van der Waals surface area contributed by atoms with Crippen molar-refractivity contribution >= 4 is 5.91 Å². The van der Waals surface area contributed by atoms with Crippen molar-refractivity contribution in [2.75, 3.05) is 13.1 Å². The zero-order valence-corrected chi connectivity index (χ0v) is 13.0. The average Bonchev–Trinajstić information content (AvgIpc) is 3.16. The molecule has 22 heavy (non-hydrogen) atoms. The van der Waals surface area contributed by atoms with Gasteiger partial charge in [-0.05, 0) is 62.7 Å². The Morgan fingerprint density at radius 2 is 1.59 bits per heavy atom. The molecule has 6 rings (SSSR count). The van der Waals surface area contributed by atoms with Gasteiger partial charge in [0.05, 0.1) is 23.9 Å². The summed E-state index contributed by atoms with van der Waals surface area (Å²) in [5.41, 5.74) is 0.00118. The summed E-state index contributed by atoms with van der Waals surface area (Å²) in [6.07, 6.45) is 12.1. The van der Waals surface area contributed by atoms with Gasteiger partial charge in [0.1, 0.15) is 0 Å². The first-order chi connectivity index (χ1) is 10.7. The summed E-state index contributed by atoms with van der Waals surface area (Å²) in [7, 11) is 0. The zero-order chi connectivity index (χ0) is 14.7. The monoisotopic (exact) mass is 300 g/mol. The third kappa shape index (κ3) is 1.87. The third-order valence-corrected chi connectivity index (χ3v) is 6.71. The van der Waals surface area contributed by atoms with Gasteiger partial charge in [0, 0.05) is 13.1 Å². The Balaban J connectivity index is 1.35. The maximum atomic E-state index is 13.3. The first-order valence-electron chi connectivity index (χ1n) is 8.87. The number of carbonyl (C=O) groups excluding carboxylic acids is 1. The molecule has 5 aliphatic rings. The first-order valence-corrected chi connectivity index (χ1v) is 8.87. The molecule has 5 nitrogen and oxygen atoms in total. The average molecular weight is 300 g/mol.